The van der Waals surface area contributed by atoms with Crippen molar-refractivity contribution in [1.29, 1.82) is 0 Å². The molecule has 33 heavy (non-hydrogen) atoms. The van der Waals surface area contributed by atoms with Crippen LogP contribution in [0, 0.1) is 6.92 Å². The van der Waals surface area contributed by atoms with E-state index in [1.807, 2.05) is 13.1 Å². The first-order valence-electron chi connectivity index (χ1n) is 11.2. The number of nitrogens with one attached hydrogen (secondary N) is 2. The molecule has 1 unspecified atom stereocenters. The molecule has 7 nitrogen and oxygen atoms in total. The Hall–Kier alpha value is -2.04. The number of halogens is 1. The zero-order valence-electron chi connectivity index (χ0n) is 20.1. The number of aliphatic imine (C=N–C) groups is 1. The molecular weight excluding hydrogens is 531 g/mol. The van der Waals surface area contributed by atoms with E-state index in [2.05, 4.69) is 63.8 Å². The Labute approximate surface area is 214 Å². The van der Waals surface area contributed by atoms with Crippen molar-refractivity contribution in [3.8, 4) is 11.5 Å². The molecule has 1 atom stereocenters. The molecule has 0 aromatic heterocycles. The normalized spacial score (nSPS) is 15.3. The van der Waals surface area contributed by atoms with Crippen molar-refractivity contribution in [3.05, 3.63) is 59.2 Å². The fraction of sp³-hybridized carbons (Fsp3) is 0.480. The number of methoxy groups -OCH3 is 2. The number of rotatable bonds is 9. The van der Waals surface area contributed by atoms with Gasteiger partial charge in [-0.25, -0.2) is 0 Å². The van der Waals surface area contributed by atoms with Crippen molar-refractivity contribution >= 4 is 29.9 Å². The molecule has 3 rings (SSSR count). The van der Waals surface area contributed by atoms with Crippen LogP contribution in [-0.2, 0) is 11.2 Å². The van der Waals surface area contributed by atoms with E-state index < -0.39 is 0 Å². The zero-order chi connectivity index (χ0) is 22.8. The third kappa shape index (κ3) is 8.04. The first-order valence-corrected chi connectivity index (χ1v) is 11.2. The van der Waals surface area contributed by atoms with Crippen LogP contribution in [0.5, 0.6) is 11.5 Å². The minimum absolute atomic E-state index is 0. The van der Waals surface area contributed by atoms with Crippen LogP contribution in [0.25, 0.3) is 0 Å². The summed E-state index contributed by atoms with van der Waals surface area (Å²) in [5, 5.41) is 6.95. The SMILES string of the molecule is CN=C(NCCc1cccc(C)c1)NCC(c1ccc(OC)c(OC)c1)N1CCOCC1.I. The predicted octanol–water partition coefficient (Wildman–Crippen LogP) is 3.41. The molecule has 2 aromatic carbocycles. The molecule has 1 saturated heterocycles. The quantitative estimate of drug-likeness (QED) is 0.275. The number of morpholine rings is 1. The fourth-order valence-corrected chi connectivity index (χ4v) is 4.01. The molecule has 0 bridgehead atoms. The largest absolute Gasteiger partial charge is 0.493 e. The number of hydrogen-bond acceptors (Lipinski definition) is 5. The Morgan fingerprint density at radius 1 is 1.06 bits per heavy atom. The lowest BCUT2D eigenvalue weighted by molar-refractivity contribution is 0.0169. The van der Waals surface area contributed by atoms with E-state index in [-0.39, 0.29) is 30.0 Å². The van der Waals surface area contributed by atoms with Gasteiger partial charge in [-0.15, -0.1) is 24.0 Å². The van der Waals surface area contributed by atoms with E-state index in [0.29, 0.717) is 0 Å². The van der Waals surface area contributed by atoms with Gasteiger partial charge in [0.1, 0.15) is 0 Å². The Morgan fingerprint density at radius 2 is 1.82 bits per heavy atom. The summed E-state index contributed by atoms with van der Waals surface area (Å²) in [5.74, 6) is 2.28. The molecule has 1 aliphatic heterocycles. The van der Waals surface area contributed by atoms with Gasteiger partial charge in [0.15, 0.2) is 17.5 Å². The van der Waals surface area contributed by atoms with Crippen molar-refractivity contribution in [2.75, 3.05) is 60.7 Å². The number of hydrogen-bond donors (Lipinski definition) is 2. The Kier molecular flexibility index (Phi) is 11.8. The van der Waals surface area contributed by atoms with Gasteiger partial charge >= 0.3 is 0 Å². The molecule has 2 aromatic rings. The summed E-state index contributed by atoms with van der Waals surface area (Å²) in [4.78, 5) is 6.86. The summed E-state index contributed by atoms with van der Waals surface area (Å²) in [6.07, 6.45) is 0.949. The highest BCUT2D eigenvalue weighted by atomic mass is 127. The van der Waals surface area contributed by atoms with Crippen LogP contribution in [0.2, 0.25) is 0 Å². The highest BCUT2D eigenvalue weighted by Gasteiger charge is 2.24. The van der Waals surface area contributed by atoms with Gasteiger partial charge in [0, 0.05) is 33.2 Å². The third-order valence-corrected chi connectivity index (χ3v) is 5.75. The highest BCUT2D eigenvalue weighted by molar-refractivity contribution is 14.0. The van der Waals surface area contributed by atoms with E-state index in [4.69, 9.17) is 14.2 Å². The van der Waals surface area contributed by atoms with Gasteiger partial charge in [-0.2, -0.15) is 0 Å². The summed E-state index contributed by atoms with van der Waals surface area (Å²) in [5.41, 5.74) is 3.78. The van der Waals surface area contributed by atoms with E-state index in [1.165, 1.54) is 16.7 Å². The monoisotopic (exact) mass is 568 g/mol. The Morgan fingerprint density at radius 3 is 2.48 bits per heavy atom. The average molecular weight is 569 g/mol. The van der Waals surface area contributed by atoms with Gasteiger partial charge in [0.25, 0.3) is 0 Å². The molecule has 0 spiro atoms. The molecule has 0 saturated carbocycles. The second kappa shape index (κ2) is 14.3. The molecule has 0 radical (unpaired) electrons. The van der Waals surface area contributed by atoms with Crippen molar-refractivity contribution < 1.29 is 14.2 Å². The topological polar surface area (TPSA) is 67.4 Å². The molecule has 1 heterocycles. The molecule has 0 amide bonds. The van der Waals surface area contributed by atoms with E-state index in [9.17, 15) is 0 Å². The van der Waals surface area contributed by atoms with Crippen molar-refractivity contribution in [1.82, 2.24) is 15.5 Å². The van der Waals surface area contributed by atoms with Gasteiger partial charge in [-0.05, 0) is 36.6 Å². The standard InChI is InChI=1S/C25H36N4O3.HI/c1-19-6-5-7-20(16-19)10-11-27-25(26-2)28-18-22(29-12-14-32-15-13-29)21-8-9-23(30-3)24(17-21)31-4;/h5-9,16-17,22H,10-15,18H2,1-4H3,(H2,26,27,28);1H. The van der Waals surface area contributed by atoms with Gasteiger partial charge < -0.3 is 24.8 Å². The second-order valence-corrected chi connectivity index (χ2v) is 7.90. The van der Waals surface area contributed by atoms with Crippen LogP contribution in [-0.4, -0.2) is 71.5 Å². The van der Waals surface area contributed by atoms with Crippen molar-refractivity contribution in [2.45, 2.75) is 19.4 Å². The first-order chi connectivity index (χ1) is 15.6. The van der Waals surface area contributed by atoms with Crippen molar-refractivity contribution in [2.24, 2.45) is 4.99 Å². The summed E-state index contributed by atoms with van der Waals surface area (Å²) >= 11 is 0. The van der Waals surface area contributed by atoms with E-state index in [1.54, 1.807) is 14.2 Å². The maximum Gasteiger partial charge on any atom is 0.191 e. The van der Waals surface area contributed by atoms with E-state index in [0.717, 1.165) is 63.3 Å². The zero-order valence-corrected chi connectivity index (χ0v) is 22.4. The second-order valence-electron chi connectivity index (χ2n) is 7.90. The van der Waals surface area contributed by atoms with Gasteiger partial charge in [0.2, 0.25) is 0 Å². The maximum absolute atomic E-state index is 5.57. The van der Waals surface area contributed by atoms with Crippen LogP contribution in [0.15, 0.2) is 47.5 Å². The molecule has 2 N–H and O–H groups in total. The van der Waals surface area contributed by atoms with Crippen LogP contribution < -0.4 is 20.1 Å². The lowest BCUT2D eigenvalue weighted by Gasteiger charge is -2.35. The Balaban J connectivity index is 0.00000385. The number of benzene rings is 2. The summed E-state index contributed by atoms with van der Waals surface area (Å²) < 4.78 is 16.5. The number of nitrogens with zero attached hydrogens (tertiary/aromatic N) is 2. The molecule has 182 valence electrons. The average Bonchev–Trinajstić information content (AvgIpc) is 2.83. The minimum atomic E-state index is 0. The smallest absolute Gasteiger partial charge is 0.191 e. The molecule has 8 heteroatoms. The predicted molar refractivity (Wildman–Crippen MR) is 144 cm³/mol. The van der Waals surface area contributed by atoms with Gasteiger partial charge in [-0.1, -0.05) is 35.9 Å². The van der Waals surface area contributed by atoms with Gasteiger partial charge in [-0.3, -0.25) is 9.89 Å². The lowest BCUT2D eigenvalue weighted by Crippen LogP contribution is -2.46. The fourth-order valence-electron chi connectivity index (χ4n) is 4.01. The summed E-state index contributed by atoms with van der Waals surface area (Å²) in [6.45, 7) is 6.93. The minimum Gasteiger partial charge on any atom is -0.493 e. The molecule has 1 aliphatic rings. The van der Waals surface area contributed by atoms with Crippen molar-refractivity contribution in [3.63, 3.8) is 0 Å². The van der Waals surface area contributed by atoms with E-state index >= 15 is 0 Å². The van der Waals surface area contributed by atoms with Crippen LogP contribution in [0.3, 0.4) is 0 Å². The summed E-state index contributed by atoms with van der Waals surface area (Å²) in [6, 6.07) is 14.9. The highest BCUT2D eigenvalue weighted by Crippen LogP contribution is 2.32. The number of ether oxygens (including phenoxy) is 3. The molecule has 0 aliphatic carbocycles. The lowest BCUT2D eigenvalue weighted by atomic mass is 10.0. The van der Waals surface area contributed by atoms with Crippen LogP contribution >= 0.6 is 24.0 Å². The molecular formula is C25H37IN4O3. The number of guanidine groups is 1. The van der Waals surface area contributed by atoms with Crippen LogP contribution in [0.4, 0.5) is 0 Å². The number of aryl methyl sites for hydroxylation is 1. The van der Waals surface area contributed by atoms with Crippen LogP contribution in [0.1, 0.15) is 22.7 Å². The molecule has 1 fully saturated rings. The maximum atomic E-state index is 5.57. The third-order valence-electron chi connectivity index (χ3n) is 5.75. The summed E-state index contributed by atoms with van der Waals surface area (Å²) in [7, 11) is 5.14. The Bertz CT molecular complexity index is 888. The van der Waals surface area contributed by atoms with Gasteiger partial charge in [0.05, 0.1) is 33.5 Å². The first kappa shape index (κ1) is 27.2.